The number of nitrogens with zero attached hydrogens (tertiary/aromatic N) is 2. The minimum atomic E-state index is -0.241. The minimum absolute atomic E-state index is 0.241. The number of carbonyl (C=O) groups excluding carboxylic acids is 1. The van der Waals surface area contributed by atoms with Crippen LogP contribution >= 0.6 is 0 Å². The Morgan fingerprint density at radius 1 is 1.26 bits per heavy atom. The highest BCUT2D eigenvalue weighted by molar-refractivity contribution is 6.06. The van der Waals surface area contributed by atoms with E-state index in [-0.39, 0.29) is 5.78 Å². The molecular weight excluding hydrogens is 240 g/mol. The standard InChI is InChI=1S/C15H10N2O2/c16-10-13-5-3-12(4-6-13)7-8-15(18)14-2-1-9-17(19)11-14/h1-9,11H. The quantitative estimate of drug-likeness (QED) is 0.362. The van der Waals surface area contributed by atoms with Gasteiger partial charge in [0, 0.05) is 6.07 Å². The van der Waals surface area contributed by atoms with E-state index in [4.69, 9.17) is 5.26 Å². The van der Waals surface area contributed by atoms with Crippen LogP contribution in [0.5, 0.6) is 0 Å². The van der Waals surface area contributed by atoms with Gasteiger partial charge in [0.15, 0.2) is 18.2 Å². The van der Waals surface area contributed by atoms with Crippen LogP contribution in [-0.4, -0.2) is 5.78 Å². The summed E-state index contributed by atoms with van der Waals surface area (Å²) < 4.78 is 0.586. The number of ketones is 1. The van der Waals surface area contributed by atoms with Gasteiger partial charge in [-0.3, -0.25) is 4.79 Å². The fourth-order valence-electron chi connectivity index (χ4n) is 1.54. The van der Waals surface area contributed by atoms with E-state index in [0.29, 0.717) is 15.9 Å². The number of benzene rings is 1. The van der Waals surface area contributed by atoms with Gasteiger partial charge in [-0.1, -0.05) is 18.2 Å². The topological polar surface area (TPSA) is 67.8 Å². The third-order valence-corrected chi connectivity index (χ3v) is 2.53. The fraction of sp³-hybridized carbons (Fsp3) is 0. The van der Waals surface area contributed by atoms with E-state index in [1.807, 2.05) is 6.07 Å². The van der Waals surface area contributed by atoms with Crippen LogP contribution in [0.25, 0.3) is 6.08 Å². The molecule has 2 aromatic rings. The van der Waals surface area contributed by atoms with Crippen molar-refractivity contribution in [1.82, 2.24) is 0 Å². The van der Waals surface area contributed by atoms with Crippen LogP contribution in [0.15, 0.2) is 54.9 Å². The van der Waals surface area contributed by atoms with Gasteiger partial charge in [0.2, 0.25) is 0 Å². The molecule has 0 N–H and O–H groups in total. The number of carbonyl (C=O) groups is 1. The lowest BCUT2D eigenvalue weighted by atomic mass is 10.1. The van der Waals surface area contributed by atoms with Crippen molar-refractivity contribution in [3.8, 4) is 6.07 Å². The summed E-state index contributed by atoms with van der Waals surface area (Å²) >= 11 is 0. The maximum atomic E-state index is 11.8. The summed E-state index contributed by atoms with van der Waals surface area (Å²) in [5, 5.41) is 19.7. The molecule has 1 aromatic carbocycles. The molecule has 0 unspecified atom stereocenters. The highest BCUT2D eigenvalue weighted by atomic mass is 16.5. The van der Waals surface area contributed by atoms with Crippen LogP contribution < -0.4 is 4.73 Å². The Morgan fingerprint density at radius 3 is 2.63 bits per heavy atom. The van der Waals surface area contributed by atoms with Gasteiger partial charge in [0.25, 0.3) is 0 Å². The molecule has 0 aliphatic rings. The summed E-state index contributed by atoms with van der Waals surface area (Å²) in [7, 11) is 0. The van der Waals surface area contributed by atoms with Crippen molar-refractivity contribution in [2.45, 2.75) is 0 Å². The van der Waals surface area contributed by atoms with Gasteiger partial charge in [-0.25, -0.2) is 0 Å². The molecule has 4 heteroatoms. The summed E-state index contributed by atoms with van der Waals surface area (Å²) in [5.41, 5.74) is 1.72. The van der Waals surface area contributed by atoms with Crippen LogP contribution in [0.3, 0.4) is 0 Å². The van der Waals surface area contributed by atoms with Crippen LogP contribution in [0.4, 0.5) is 0 Å². The number of hydrogen-bond acceptors (Lipinski definition) is 3. The SMILES string of the molecule is N#Cc1ccc(C=CC(=O)c2ccc[n+]([O-])c2)cc1. The first-order valence-electron chi connectivity index (χ1n) is 5.60. The van der Waals surface area contributed by atoms with Crippen molar-refractivity contribution in [3.05, 3.63) is 76.8 Å². The molecule has 0 amide bonds. The lowest BCUT2D eigenvalue weighted by molar-refractivity contribution is -0.605. The molecule has 4 nitrogen and oxygen atoms in total. The number of pyridine rings is 1. The lowest BCUT2D eigenvalue weighted by Gasteiger charge is -1.97. The maximum Gasteiger partial charge on any atom is 0.191 e. The highest BCUT2D eigenvalue weighted by Crippen LogP contribution is 2.06. The predicted molar refractivity (Wildman–Crippen MR) is 69.9 cm³/mol. The predicted octanol–water partition coefficient (Wildman–Crippen LogP) is 2.09. The molecule has 0 saturated heterocycles. The number of aromatic nitrogens is 1. The second-order valence-electron chi connectivity index (χ2n) is 3.88. The average Bonchev–Trinajstić information content (AvgIpc) is 2.45. The summed E-state index contributed by atoms with van der Waals surface area (Å²) in [6.07, 6.45) is 5.59. The Labute approximate surface area is 110 Å². The van der Waals surface area contributed by atoms with E-state index in [2.05, 4.69) is 0 Å². The molecule has 0 radical (unpaired) electrons. The van der Waals surface area contributed by atoms with Crippen molar-refractivity contribution >= 4 is 11.9 Å². The number of allylic oxidation sites excluding steroid dienone is 1. The monoisotopic (exact) mass is 250 g/mol. The van der Waals surface area contributed by atoms with E-state index in [1.54, 1.807) is 36.4 Å². The van der Waals surface area contributed by atoms with E-state index >= 15 is 0 Å². The van der Waals surface area contributed by atoms with Gasteiger partial charge in [-0.05, 0) is 29.8 Å². The summed E-state index contributed by atoms with van der Waals surface area (Å²) in [4.78, 5) is 11.8. The summed E-state index contributed by atoms with van der Waals surface area (Å²) in [6.45, 7) is 0. The molecule has 0 fully saturated rings. The number of rotatable bonds is 3. The van der Waals surface area contributed by atoms with Crippen LogP contribution in [0.1, 0.15) is 21.5 Å². The first-order chi connectivity index (χ1) is 9.19. The molecule has 2 rings (SSSR count). The Morgan fingerprint density at radius 2 is 2.00 bits per heavy atom. The smallest absolute Gasteiger partial charge is 0.191 e. The van der Waals surface area contributed by atoms with Crippen molar-refractivity contribution in [1.29, 1.82) is 5.26 Å². The van der Waals surface area contributed by atoms with Crippen molar-refractivity contribution < 1.29 is 9.52 Å². The van der Waals surface area contributed by atoms with Crippen LogP contribution in [0, 0.1) is 16.5 Å². The molecule has 0 bridgehead atoms. The first-order valence-corrected chi connectivity index (χ1v) is 5.60. The van der Waals surface area contributed by atoms with E-state index in [1.165, 1.54) is 24.5 Å². The Hall–Kier alpha value is -2.93. The number of nitriles is 1. The van der Waals surface area contributed by atoms with Crippen molar-refractivity contribution in [2.75, 3.05) is 0 Å². The average molecular weight is 250 g/mol. The minimum Gasteiger partial charge on any atom is -0.619 e. The molecule has 0 saturated carbocycles. The highest BCUT2D eigenvalue weighted by Gasteiger charge is 2.04. The third-order valence-electron chi connectivity index (χ3n) is 2.53. The molecule has 0 atom stereocenters. The zero-order chi connectivity index (χ0) is 13.7. The molecule has 1 heterocycles. The third kappa shape index (κ3) is 3.27. The molecule has 0 spiro atoms. The molecule has 1 aromatic heterocycles. The summed E-state index contributed by atoms with van der Waals surface area (Å²) in [5.74, 6) is -0.241. The van der Waals surface area contributed by atoms with Gasteiger partial charge in [-0.15, -0.1) is 0 Å². The fourth-order valence-corrected chi connectivity index (χ4v) is 1.54. The molecular formula is C15H10N2O2. The Kier molecular flexibility index (Phi) is 3.70. The molecule has 19 heavy (non-hydrogen) atoms. The van der Waals surface area contributed by atoms with Crippen LogP contribution in [0.2, 0.25) is 0 Å². The molecule has 0 aliphatic carbocycles. The van der Waals surface area contributed by atoms with E-state index < -0.39 is 0 Å². The normalized spacial score (nSPS) is 10.3. The van der Waals surface area contributed by atoms with Gasteiger partial charge >= 0.3 is 0 Å². The second kappa shape index (κ2) is 5.61. The largest absolute Gasteiger partial charge is 0.619 e. The van der Waals surface area contributed by atoms with E-state index in [0.717, 1.165) is 5.56 Å². The Bertz CT molecular complexity index is 667. The lowest BCUT2D eigenvalue weighted by Crippen LogP contribution is -2.25. The Balaban J connectivity index is 2.14. The molecule has 92 valence electrons. The summed E-state index contributed by atoms with van der Waals surface area (Å²) in [6, 6.07) is 12.0. The van der Waals surface area contributed by atoms with E-state index in [9.17, 15) is 10.0 Å². The van der Waals surface area contributed by atoms with Crippen molar-refractivity contribution in [2.24, 2.45) is 0 Å². The van der Waals surface area contributed by atoms with Crippen LogP contribution in [-0.2, 0) is 0 Å². The van der Waals surface area contributed by atoms with Gasteiger partial charge in [0.1, 0.15) is 0 Å². The maximum absolute atomic E-state index is 11.8. The van der Waals surface area contributed by atoms with Gasteiger partial charge in [0.05, 0.1) is 17.2 Å². The zero-order valence-electron chi connectivity index (χ0n) is 9.98. The van der Waals surface area contributed by atoms with Gasteiger partial charge in [-0.2, -0.15) is 9.99 Å². The van der Waals surface area contributed by atoms with Crippen molar-refractivity contribution in [3.63, 3.8) is 0 Å². The molecule has 0 aliphatic heterocycles. The second-order valence-corrected chi connectivity index (χ2v) is 3.88. The first kappa shape index (κ1) is 12.5. The van der Waals surface area contributed by atoms with Gasteiger partial charge < -0.3 is 5.21 Å². The number of hydrogen-bond donors (Lipinski definition) is 0. The zero-order valence-corrected chi connectivity index (χ0v) is 9.98.